The van der Waals surface area contributed by atoms with Crippen molar-refractivity contribution in [2.75, 3.05) is 18.9 Å². The predicted molar refractivity (Wildman–Crippen MR) is 121 cm³/mol. The summed E-state index contributed by atoms with van der Waals surface area (Å²) in [5.74, 6) is 0.714. The Kier molecular flexibility index (Phi) is 6.61. The molecule has 1 atom stereocenters. The number of carbonyl (C=O) groups excluding carboxylic acids is 2. The second kappa shape index (κ2) is 9.74. The minimum atomic E-state index is -0.314. The Morgan fingerprint density at radius 2 is 1.97 bits per heavy atom. The van der Waals surface area contributed by atoms with E-state index in [9.17, 15) is 9.59 Å². The second-order valence-electron chi connectivity index (χ2n) is 7.95. The number of anilines is 1. The zero-order chi connectivity index (χ0) is 22.5. The van der Waals surface area contributed by atoms with Gasteiger partial charge in [-0.1, -0.05) is 24.6 Å². The Morgan fingerprint density at radius 3 is 2.75 bits per heavy atom. The fraction of sp³-hybridized carbons (Fsp3) is 0.333. The number of likely N-dealkylation sites (N-methyl/N-ethyl adjacent to an activating group) is 1. The molecule has 1 unspecified atom stereocenters. The molecule has 0 aliphatic carbocycles. The van der Waals surface area contributed by atoms with E-state index >= 15 is 0 Å². The van der Waals surface area contributed by atoms with Gasteiger partial charge in [0.05, 0.1) is 23.8 Å². The number of amides is 2. The minimum Gasteiger partial charge on any atom is -0.441 e. The lowest BCUT2D eigenvalue weighted by Crippen LogP contribution is -2.47. The molecule has 2 aromatic heterocycles. The number of hydrogen-bond donors (Lipinski definition) is 2. The van der Waals surface area contributed by atoms with E-state index in [0.29, 0.717) is 40.8 Å². The van der Waals surface area contributed by atoms with Crippen molar-refractivity contribution in [1.82, 2.24) is 20.2 Å². The number of para-hydroxylation sites is 1. The number of hydrogen-bond acceptors (Lipinski definition) is 6. The summed E-state index contributed by atoms with van der Waals surface area (Å²) in [4.78, 5) is 35.9. The number of piperidine rings is 1. The predicted octanol–water partition coefficient (Wildman–Crippen LogP) is 3.40. The molecule has 166 valence electrons. The smallest absolute Gasteiger partial charge is 0.274 e. The maximum Gasteiger partial charge on any atom is 0.274 e. The Balaban J connectivity index is 1.48. The number of aryl methyl sites for hydroxylation is 1. The highest BCUT2D eigenvalue weighted by molar-refractivity contribution is 6.04. The zero-order valence-corrected chi connectivity index (χ0v) is 18.3. The molecule has 0 radical (unpaired) electrons. The van der Waals surface area contributed by atoms with Crippen LogP contribution in [-0.4, -0.2) is 46.3 Å². The van der Waals surface area contributed by atoms with Crippen molar-refractivity contribution in [1.29, 1.82) is 0 Å². The average molecular weight is 434 g/mol. The molecule has 8 heteroatoms. The molecule has 2 amide bonds. The molecule has 1 aliphatic rings. The van der Waals surface area contributed by atoms with Gasteiger partial charge in [0.1, 0.15) is 17.1 Å². The molecule has 32 heavy (non-hydrogen) atoms. The highest BCUT2D eigenvalue weighted by atomic mass is 16.4. The van der Waals surface area contributed by atoms with Crippen molar-refractivity contribution >= 4 is 17.5 Å². The Labute approximate surface area is 187 Å². The Morgan fingerprint density at radius 1 is 1.16 bits per heavy atom. The van der Waals surface area contributed by atoms with E-state index in [0.717, 1.165) is 25.8 Å². The lowest BCUT2D eigenvalue weighted by molar-refractivity contribution is -0.127. The summed E-state index contributed by atoms with van der Waals surface area (Å²) in [7, 11) is 1.99. The molecule has 1 fully saturated rings. The van der Waals surface area contributed by atoms with Crippen molar-refractivity contribution in [2.45, 2.75) is 38.8 Å². The topological polar surface area (TPSA) is 100 Å². The molecule has 4 rings (SSSR count). The first kappa shape index (κ1) is 21.7. The SMILES string of the molecule is Cc1oc(-c2ccccc2NC(=O)c2ccccn2)nc1CNC(=O)C1CCCCN1C. The van der Waals surface area contributed by atoms with Crippen LogP contribution >= 0.6 is 0 Å². The van der Waals surface area contributed by atoms with Crippen molar-refractivity contribution < 1.29 is 14.0 Å². The van der Waals surface area contributed by atoms with Crippen LogP contribution in [0.25, 0.3) is 11.5 Å². The van der Waals surface area contributed by atoms with E-state index < -0.39 is 0 Å². The Bertz CT molecular complexity index is 1100. The molecular weight excluding hydrogens is 406 g/mol. The van der Waals surface area contributed by atoms with Crippen LogP contribution in [0.15, 0.2) is 53.1 Å². The maximum atomic E-state index is 12.6. The number of rotatable bonds is 6. The van der Waals surface area contributed by atoms with Crippen LogP contribution in [0.2, 0.25) is 0 Å². The van der Waals surface area contributed by atoms with Crippen molar-refractivity contribution in [3.05, 3.63) is 65.8 Å². The van der Waals surface area contributed by atoms with E-state index in [2.05, 4.69) is 25.5 Å². The van der Waals surface area contributed by atoms with Gasteiger partial charge >= 0.3 is 0 Å². The van der Waals surface area contributed by atoms with Gasteiger partial charge in [0.25, 0.3) is 5.91 Å². The summed E-state index contributed by atoms with van der Waals surface area (Å²) in [5, 5.41) is 5.87. The molecule has 1 saturated heterocycles. The fourth-order valence-corrected chi connectivity index (χ4v) is 3.86. The Hall–Kier alpha value is -3.52. The van der Waals surface area contributed by atoms with Gasteiger partial charge in [-0.15, -0.1) is 0 Å². The molecular formula is C24H27N5O3. The number of nitrogens with zero attached hydrogens (tertiary/aromatic N) is 3. The van der Waals surface area contributed by atoms with Crippen LogP contribution in [0, 0.1) is 6.92 Å². The molecule has 1 aliphatic heterocycles. The first-order valence-corrected chi connectivity index (χ1v) is 10.8. The van der Waals surface area contributed by atoms with Gasteiger partial charge in [-0.05, 0) is 57.6 Å². The number of pyridine rings is 1. The summed E-state index contributed by atoms with van der Waals surface area (Å²) < 4.78 is 5.89. The molecule has 0 saturated carbocycles. The normalized spacial score (nSPS) is 16.5. The van der Waals surface area contributed by atoms with Gasteiger partial charge in [0.15, 0.2) is 0 Å². The van der Waals surface area contributed by atoms with E-state index in [1.54, 1.807) is 30.5 Å². The molecule has 0 bridgehead atoms. The van der Waals surface area contributed by atoms with Gasteiger partial charge in [0, 0.05) is 6.20 Å². The van der Waals surface area contributed by atoms with E-state index in [4.69, 9.17) is 4.42 Å². The van der Waals surface area contributed by atoms with Crippen LogP contribution in [0.4, 0.5) is 5.69 Å². The third-order valence-corrected chi connectivity index (χ3v) is 5.70. The minimum absolute atomic E-state index is 0.0131. The zero-order valence-electron chi connectivity index (χ0n) is 18.3. The van der Waals surface area contributed by atoms with E-state index in [-0.39, 0.29) is 17.9 Å². The number of carbonyl (C=O) groups is 2. The van der Waals surface area contributed by atoms with Crippen LogP contribution < -0.4 is 10.6 Å². The molecule has 1 aromatic carbocycles. The molecule has 8 nitrogen and oxygen atoms in total. The fourth-order valence-electron chi connectivity index (χ4n) is 3.86. The summed E-state index contributed by atoms with van der Waals surface area (Å²) >= 11 is 0. The molecule has 0 spiro atoms. The van der Waals surface area contributed by atoms with Crippen molar-refractivity contribution in [3.8, 4) is 11.5 Å². The number of aromatic nitrogens is 2. The summed E-state index contributed by atoms with van der Waals surface area (Å²) in [6.45, 7) is 3.05. The van der Waals surface area contributed by atoms with Gasteiger partial charge in [-0.25, -0.2) is 4.98 Å². The first-order valence-electron chi connectivity index (χ1n) is 10.8. The van der Waals surface area contributed by atoms with E-state index in [1.165, 1.54) is 0 Å². The lowest BCUT2D eigenvalue weighted by atomic mass is 10.0. The summed E-state index contributed by atoms with van der Waals surface area (Å²) in [6.07, 6.45) is 4.64. The number of oxazole rings is 1. The van der Waals surface area contributed by atoms with Gasteiger partial charge < -0.3 is 15.1 Å². The third-order valence-electron chi connectivity index (χ3n) is 5.70. The van der Waals surface area contributed by atoms with E-state index in [1.807, 2.05) is 32.2 Å². The lowest BCUT2D eigenvalue weighted by Gasteiger charge is -2.31. The number of likely N-dealkylation sites (tertiary alicyclic amines) is 1. The van der Waals surface area contributed by atoms with Crippen LogP contribution in [0.3, 0.4) is 0 Å². The standard InChI is InChI=1S/C24H27N5O3/c1-16-20(15-26-23(31)21-12-6-8-14-29(21)2)28-24(32-16)17-9-3-4-10-18(17)27-22(30)19-11-5-7-13-25-19/h3-5,7,9-11,13,21H,6,8,12,14-15H2,1-2H3,(H,26,31)(H,27,30). The molecule has 3 aromatic rings. The second-order valence-corrected chi connectivity index (χ2v) is 7.95. The maximum absolute atomic E-state index is 12.6. The molecule has 3 heterocycles. The van der Waals surface area contributed by atoms with Crippen LogP contribution in [0.5, 0.6) is 0 Å². The monoisotopic (exact) mass is 433 g/mol. The summed E-state index contributed by atoms with van der Waals surface area (Å²) in [6, 6.07) is 12.4. The molecule has 2 N–H and O–H groups in total. The van der Waals surface area contributed by atoms with Gasteiger partial charge in [-0.3, -0.25) is 19.5 Å². The third kappa shape index (κ3) is 4.86. The largest absolute Gasteiger partial charge is 0.441 e. The van der Waals surface area contributed by atoms with Crippen LogP contribution in [-0.2, 0) is 11.3 Å². The van der Waals surface area contributed by atoms with Gasteiger partial charge in [-0.2, -0.15) is 0 Å². The van der Waals surface area contributed by atoms with Crippen molar-refractivity contribution in [2.24, 2.45) is 0 Å². The van der Waals surface area contributed by atoms with Crippen LogP contribution in [0.1, 0.15) is 41.2 Å². The number of benzene rings is 1. The van der Waals surface area contributed by atoms with Gasteiger partial charge in [0.2, 0.25) is 11.8 Å². The highest BCUT2D eigenvalue weighted by Gasteiger charge is 2.26. The first-order chi connectivity index (χ1) is 15.5. The highest BCUT2D eigenvalue weighted by Crippen LogP contribution is 2.29. The summed E-state index contributed by atoms with van der Waals surface area (Å²) in [5.41, 5.74) is 2.22. The van der Waals surface area contributed by atoms with Crippen molar-refractivity contribution in [3.63, 3.8) is 0 Å². The average Bonchev–Trinajstić information content (AvgIpc) is 3.19. The quantitative estimate of drug-likeness (QED) is 0.618. The number of nitrogens with one attached hydrogen (secondary N) is 2.